The molecule has 2 heterocycles. The van der Waals surface area contributed by atoms with E-state index >= 15 is 0 Å². The Hall–Kier alpha value is -2.77. The number of hydrogen-bond acceptors (Lipinski definition) is 7. The Balaban J connectivity index is 1.86. The van der Waals surface area contributed by atoms with E-state index in [1.807, 2.05) is 43.2 Å². The second-order valence-corrected chi connectivity index (χ2v) is 8.83. The van der Waals surface area contributed by atoms with Crippen LogP contribution in [-0.4, -0.2) is 63.2 Å². The van der Waals surface area contributed by atoms with Gasteiger partial charge in [0, 0.05) is 43.2 Å². The third kappa shape index (κ3) is 4.46. The number of hydrogen-bond donors (Lipinski definition) is 1. The fraction of sp³-hybridized carbons (Fsp3) is 0.423. The van der Waals surface area contributed by atoms with Gasteiger partial charge in [0.25, 0.3) is 5.91 Å². The topological polar surface area (TPSA) is 68.3 Å². The molecule has 1 saturated heterocycles. The van der Waals surface area contributed by atoms with E-state index in [9.17, 15) is 9.59 Å². The van der Waals surface area contributed by atoms with E-state index in [-0.39, 0.29) is 29.9 Å². The highest BCUT2D eigenvalue weighted by Crippen LogP contribution is 2.47. The van der Waals surface area contributed by atoms with Crippen molar-refractivity contribution in [2.75, 3.05) is 44.4 Å². The molecule has 0 radical (unpaired) electrons. The lowest BCUT2D eigenvalue weighted by Gasteiger charge is -2.31. The Morgan fingerprint density at radius 2 is 2.18 bits per heavy atom. The van der Waals surface area contributed by atoms with Crippen LogP contribution in [0.2, 0.25) is 0 Å². The van der Waals surface area contributed by atoms with E-state index in [0.717, 1.165) is 41.4 Å². The van der Waals surface area contributed by atoms with Crippen molar-refractivity contribution >= 4 is 36.3 Å². The molecule has 34 heavy (non-hydrogen) atoms. The fourth-order valence-electron chi connectivity index (χ4n) is 4.70. The summed E-state index contributed by atoms with van der Waals surface area (Å²) >= 11 is 4.64. The van der Waals surface area contributed by atoms with Crippen LogP contribution in [0.25, 0.3) is 5.57 Å². The molecule has 3 aliphatic rings. The molecule has 0 saturated carbocycles. The molecule has 0 N–H and O–H groups in total. The van der Waals surface area contributed by atoms with Crippen LogP contribution in [0.5, 0.6) is 5.75 Å². The van der Waals surface area contributed by atoms with Crippen LogP contribution in [0.1, 0.15) is 53.0 Å². The second-order valence-electron chi connectivity index (χ2n) is 8.40. The monoisotopic (exact) mass is 482 g/mol. The van der Waals surface area contributed by atoms with Crippen LogP contribution < -0.4 is 9.04 Å². The normalized spacial score (nSPS) is 18.7. The second kappa shape index (κ2) is 10.7. The average Bonchev–Trinajstić information content (AvgIpc) is 3.30. The molecule has 1 amide bonds. The van der Waals surface area contributed by atoms with Crippen LogP contribution in [0, 0.1) is 0 Å². The van der Waals surface area contributed by atoms with Gasteiger partial charge in [-0.3, -0.25) is 13.9 Å². The van der Waals surface area contributed by atoms with Crippen LogP contribution in [0.15, 0.2) is 41.3 Å². The maximum Gasteiger partial charge on any atom is 0.257 e. The Morgan fingerprint density at radius 3 is 2.91 bits per heavy atom. The van der Waals surface area contributed by atoms with Gasteiger partial charge in [0.1, 0.15) is 12.4 Å². The number of fused-ring (bicyclic) bond motifs is 3. The number of carbonyl (C=O) groups excluding carboxylic acids is 2. The van der Waals surface area contributed by atoms with Crippen LogP contribution in [-0.2, 0) is 9.47 Å². The van der Waals surface area contributed by atoms with Crippen molar-refractivity contribution in [3.8, 4) is 5.75 Å². The number of allylic oxidation sites excluding steroid dienone is 4. The first-order chi connectivity index (χ1) is 16.5. The first kappa shape index (κ1) is 24.4. The number of anilines is 1. The van der Waals surface area contributed by atoms with Gasteiger partial charge < -0.3 is 19.1 Å². The van der Waals surface area contributed by atoms with E-state index in [0.29, 0.717) is 37.6 Å². The molecular formula is C26H30N2O5S. The molecule has 2 aliphatic heterocycles. The average molecular weight is 483 g/mol. The van der Waals surface area contributed by atoms with Crippen molar-refractivity contribution in [2.45, 2.75) is 32.7 Å². The fourth-order valence-corrected chi connectivity index (χ4v) is 5.03. The van der Waals surface area contributed by atoms with Crippen molar-refractivity contribution in [1.82, 2.24) is 4.90 Å². The van der Waals surface area contributed by atoms with E-state index in [1.54, 1.807) is 11.4 Å². The van der Waals surface area contributed by atoms with Gasteiger partial charge in [-0.1, -0.05) is 18.9 Å². The number of benzene rings is 1. The zero-order valence-corrected chi connectivity index (χ0v) is 20.7. The summed E-state index contributed by atoms with van der Waals surface area (Å²) in [6.45, 7) is 6.12. The smallest absolute Gasteiger partial charge is 0.257 e. The molecule has 1 aromatic carbocycles. The van der Waals surface area contributed by atoms with E-state index < -0.39 is 0 Å². The largest absolute Gasteiger partial charge is 0.490 e. The molecule has 1 atom stereocenters. The number of ether oxygens (including phenoxy) is 3. The summed E-state index contributed by atoms with van der Waals surface area (Å²) in [6.07, 6.45) is 8.20. The molecule has 1 aromatic rings. The molecule has 0 unspecified atom stereocenters. The molecule has 0 bridgehead atoms. The number of methoxy groups -OCH3 is 1. The van der Waals surface area contributed by atoms with Gasteiger partial charge in [0.05, 0.1) is 36.1 Å². The van der Waals surface area contributed by atoms with Gasteiger partial charge in [-0.05, 0) is 44.4 Å². The minimum Gasteiger partial charge on any atom is -0.490 e. The summed E-state index contributed by atoms with van der Waals surface area (Å²) in [5, 5.41) is 0. The molecule has 8 heteroatoms. The number of likely N-dealkylation sites (tertiary alicyclic amines) is 1. The zero-order chi connectivity index (χ0) is 24.2. The van der Waals surface area contributed by atoms with Crippen molar-refractivity contribution in [3.63, 3.8) is 0 Å². The highest BCUT2D eigenvalue weighted by atomic mass is 32.1. The molecule has 0 spiro atoms. The molecule has 180 valence electrons. The summed E-state index contributed by atoms with van der Waals surface area (Å²) in [7, 11) is 1.64. The highest BCUT2D eigenvalue weighted by molar-refractivity contribution is 7.82. The number of thiol groups is 1. The number of nitrogens with zero attached hydrogens (tertiary/aromatic N) is 2. The Labute approximate surface area is 205 Å². The van der Waals surface area contributed by atoms with Gasteiger partial charge in [0.2, 0.25) is 0 Å². The third-order valence-electron chi connectivity index (χ3n) is 6.32. The van der Waals surface area contributed by atoms with Crippen molar-refractivity contribution < 1.29 is 23.8 Å². The van der Waals surface area contributed by atoms with Crippen molar-refractivity contribution in [1.29, 1.82) is 0 Å². The predicted molar refractivity (Wildman–Crippen MR) is 135 cm³/mol. The van der Waals surface area contributed by atoms with Gasteiger partial charge >= 0.3 is 0 Å². The maximum absolute atomic E-state index is 13.8. The van der Waals surface area contributed by atoms with Crippen LogP contribution in [0.4, 0.5) is 5.69 Å². The number of carbonyl (C=O) groups is 2. The first-order valence-corrected chi connectivity index (χ1v) is 11.9. The minimum atomic E-state index is -0.175. The van der Waals surface area contributed by atoms with E-state index in [2.05, 4.69) is 18.5 Å². The Kier molecular flexibility index (Phi) is 7.63. The maximum atomic E-state index is 13.8. The standard InChI is InChI=1S/C26H30N2O5S/c1-4-32-11-12-33-25-21(26(30)27-10-6-8-18(27)16-31-3)13-20-19-9-5-7-17(2)22(19)14-28(34)24(20)23(25)15-29/h5,7,13-15,18,34H,4,6,8,10-12,16H2,1-3H3/t18-/m1/s1. The third-order valence-corrected chi connectivity index (χ3v) is 6.63. The molecule has 7 nitrogen and oxygen atoms in total. The summed E-state index contributed by atoms with van der Waals surface area (Å²) in [4.78, 5) is 28.1. The van der Waals surface area contributed by atoms with Gasteiger partial charge in [0.15, 0.2) is 6.29 Å². The summed E-state index contributed by atoms with van der Waals surface area (Å²) in [5.41, 5.74) is 8.05. The molecule has 1 aliphatic carbocycles. The Morgan fingerprint density at radius 1 is 1.35 bits per heavy atom. The van der Waals surface area contributed by atoms with Crippen LogP contribution in [0.3, 0.4) is 0 Å². The molecule has 0 aromatic heterocycles. The van der Waals surface area contributed by atoms with Gasteiger partial charge in [-0.2, -0.15) is 0 Å². The first-order valence-electron chi connectivity index (χ1n) is 11.5. The van der Waals surface area contributed by atoms with Gasteiger partial charge in [-0.25, -0.2) is 0 Å². The van der Waals surface area contributed by atoms with Gasteiger partial charge in [-0.15, -0.1) is 5.73 Å². The zero-order valence-electron chi connectivity index (χ0n) is 19.8. The summed E-state index contributed by atoms with van der Waals surface area (Å²) < 4.78 is 18.4. The number of aldehydes is 1. The van der Waals surface area contributed by atoms with Crippen molar-refractivity contribution in [3.05, 3.63) is 58.0 Å². The molecular weight excluding hydrogens is 452 g/mol. The summed E-state index contributed by atoms with van der Waals surface area (Å²) in [6, 6.07) is 1.80. The number of rotatable bonds is 9. The SMILES string of the molecule is CCOCCOc1c(C(=O)N2CCC[C@@H]2COC)cc2c(c1C=O)N(S)C=C1C2=C=CC=C1C. The minimum absolute atomic E-state index is 0.0136. The highest BCUT2D eigenvalue weighted by Gasteiger charge is 2.35. The Bertz CT molecular complexity index is 1120. The van der Waals surface area contributed by atoms with Crippen molar-refractivity contribution in [2.24, 2.45) is 0 Å². The van der Waals surface area contributed by atoms with E-state index in [1.165, 1.54) is 0 Å². The summed E-state index contributed by atoms with van der Waals surface area (Å²) in [5.74, 6) is 0.0800. The lowest BCUT2D eigenvalue weighted by molar-refractivity contribution is 0.0622. The van der Waals surface area contributed by atoms with E-state index in [4.69, 9.17) is 14.2 Å². The van der Waals surface area contributed by atoms with Crippen LogP contribution >= 0.6 is 12.8 Å². The molecule has 4 rings (SSSR count). The lowest BCUT2D eigenvalue weighted by atomic mass is 9.85. The predicted octanol–water partition coefficient (Wildman–Crippen LogP) is 4.21. The molecule has 1 fully saturated rings. The number of amides is 1. The quantitative estimate of drug-likeness (QED) is 0.246. The lowest BCUT2D eigenvalue weighted by Crippen LogP contribution is -2.38.